The fourth-order valence-electron chi connectivity index (χ4n) is 2.87. The Balaban J connectivity index is 1.67. The molecule has 0 amide bonds. The second-order valence-corrected chi connectivity index (χ2v) is 7.55. The summed E-state index contributed by atoms with van der Waals surface area (Å²) in [6.07, 6.45) is 6.38. The van der Waals surface area contributed by atoms with Gasteiger partial charge >= 0.3 is 0 Å². The van der Waals surface area contributed by atoms with Crippen LogP contribution in [0.25, 0.3) is 0 Å². The van der Waals surface area contributed by atoms with E-state index in [2.05, 4.69) is 25.5 Å². The molecule has 1 fully saturated rings. The number of rotatable bonds is 4. The first kappa shape index (κ1) is 15.9. The molecule has 3 heterocycles. The Kier molecular flexibility index (Phi) is 4.31. The lowest BCUT2D eigenvalue weighted by molar-refractivity contribution is 0.329. The molecule has 0 bridgehead atoms. The van der Waals surface area contributed by atoms with Crippen molar-refractivity contribution in [1.29, 1.82) is 0 Å². The van der Waals surface area contributed by atoms with Crippen molar-refractivity contribution >= 4 is 15.8 Å². The zero-order valence-electron chi connectivity index (χ0n) is 13.2. The van der Waals surface area contributed by atoms with E-state index in [4.69, 9.17) is 0 Å². The fraction of sp³-hybridized carbons (Fsp3) is 0.500. The lowest BCUT2D eigenvalue weighted by Gasteiger charge is -2.31. The third kappa shape index (κ3) is 3.20. The number of anilines is 1. The number of hydrogen-bond acceptors (Lipinski definition) is 6. The van der Waals surface area contributed by atoms with Crippen LogP contribution in [0.3, 0.4) is 0 Å². The zero-order chi connectivity index (χ0) is 16.4. The molecule has 0 spiro atoms. The number of nitrogens with one attached hydrogen (secondary N) is 2. The van der Waals surface area contributed by atoms with Crippen LogP contribution in [0.2, 0.25) is 0 Å². The summed E-state index contributed by atoms with van der Waals surface area (Å²) in [7, 11) is -3.49. The molecule has 0 atom stereocenters. The van der Waals surface area contributed by atoms with Crippen molar-refractivity contribution in [2.75, 3.05) is 18.4 Å². The minimum atomic E-state index is -3.49. The number of aromatic amines is 1. The van der Waals surface area contributed by atoms with Gasteiger partial charge in [0.2, 0.25) is 10.0 Å². The maximum Gasteiger partial charge on any atom is 0.246 e. The lowest BCUT2D eigenvalue weighted by atomic mass is 10.1. The third-order valence-corrected chi connectivity index (χ3v) is 6.19. The SMILES string of the molecule is Cc1n[nH]c(C)c1S(=O)(=O)N1CCC(Nc2cnccn2)CC1. The van der Waals surface area contributed by atoms with Crippen molar-refractivity contribution in [3.63, 3.8) is 0 Å². The second-order valence-electron chi connectivity index (χ2n) is 5.68. The van der Waals surface area contributed by atoms with Crippen LogP contribution in [0.15, 0.2) is 23.5 Å². The highest BCUT2D eigenvalue weighted by molar-refractivity contribution is 7.89. The van der Waals surface area contributed by atoms with Gasteiger partial charge in [-0.25, -0.2) is 13.4 Å². The van der Waals surface area contributed by atoms with E-state index in [1.54, 1.807) is 32.4 Å². The van der Waals surface area contributed by atoms with E-state index in [9.17, 15) is 8.42 Å². The van der Waals surface area contributed by atoms with E-state index >= 15 is 0 Å². The number of nitrogens with zero attached hydrogens (tertiary/aromatic N) is 4. The Morgan fingerprint density at radius 1 is 1.26 bits per heavy atom. The van der Waals surface area contributed by atoms with Gasteiger partial charge in [0.05, 0.1) is 17.6 Å². The van der Waals surface area contributed by atoms with Gasteiger partial charge in [0.15, 0.2) is 0 Å². The molecule has 1 aliphatic rings. The molecule has 0 aliphatic carbocycles. The van der Waals surface area contributed by atoms with Crippen LogP contribution in [-0.4, -0.2) is 52.0 Å². The van der Waals surface area contributed by atoms with Gasteiger partial charge in [-0.05, 0) is 26.7 Å². The summed E-state index contributed by atoms with van der Waals surface area (Å²) in [5.41, 5.74) is 1.10. The zero-order valence-corrected chi connectivity index (χ0v) is 14.0. The molecule has 1 saturated heterocycles. The fourth-order valence-corrected chi connectivity index (χ4v) is 4.67. The van der Waals surface area contributed by atoms with Crippen molar-refractivity contribution in [3.8, 4) is 0 Å². The van der Waals surface area contributed by atoms with Gasteiger partial charge < -0.3 is 5.32 Å². The minimum absolute atomic E-state index is 0.199. The summed E-state index contributed by atoms with van der Waals surface area (Å²) >= 11 is 0. The summed E-state index contributed by atoms with van der Waals surface area (Å²) in [5, 5.41) is 10.0. The van der Waals surface area contributed by atoms with Crippen molar-refractivity contribution in [2.24, 2.45) is 0 Å². The highest BCUT2D eigenvalue weighted by Gasteiger charge is 2.32. The molecule has 3 rings (SSSR count). The quantitative estimate of drug-likeness (QED) is 0.866. The molecule has 2 aromatic rings. The Morgan fingerprint density at radius 3 is 2.57 bits per heavy atom. The Bertz CT molecular complexity index is 746. The van der Waals surface area contributed by atoms with Crippen molar-refractivity contribution < 1.29 is 8.42 Å². The van der Waals surface area contributed by atoms with Crippen LogP contribution in [0.1, 0.15) is 24.2 Å². The lowest BCUT2D eigenvalue weighted by Crippen LogP contribution is -2.42. The summed E-state index contributed by atoms with van der Waals surface area (Å²) in [4.78, 5) is 8.51. The largest absolute Gasteiger partial charge is 0.366 e. The number of aryl methyl sites for hydroxylation is 2. The number of sulfonamides is 1. The summed E-state index contributed by atoms with van der Waals surface area (Å²) in [6, 6.07) is 0.199. The summed E-state index contributed by atoms with van der Waals surface area (Å²) in [6.45, 7) is 4.39. The van der Waals surface area contributed by atoms with E-state index in [-0.39, 0.29) is 6.04 Å². The van der Waals surface area contributed by atoms with Gasteiger partial charge in [-0.1, -0.05) is 0 Å². The molecule has 0 radical (unpaired) electrons. The van der Waals surface area contributed by atoms with Crippen LogP contribution in [0, 0.1) is 13.8 Å². The molecular weight excluding hydrogens is 316 g/mol. The summed E-state index contributed by atoms with van der Waals surface area (Å²) in [5.74, 6) is 0.718. The molecule has 1 aliphatic heterocycles. The molecule has 23 heavy (non-hydrogen) atoms. The molecule has 0 unspecified atom stereocenters. The number of H-pyrrole nitrogens is 1. The summed E-state index contributed by atoms with van der Waals surface area (Å²) < 4.78 is 27.1. The first-order valence-corrected chi connectivity index (χ1v) is 8.97. The highest BCUT2D eigenvalue weighted by Crippen LogP contribution is 2.25. The normalized spacial score (nSPS) is 17.3. The van der Waals surface area contributed by atoms with Crippen LogP contribution in [0.4, 0.5) is 5.82 Å². The first-order valence-electron chi connectivity index (χ1n) is 7.53. The average molecular weight is 336 g/mol. The average Bonchev–Trinajstić information content (AvgIpc) is 2.88. The maximum absolute atomic E-state index is 12.8. The van der Waals surface area contributed by atoms with E-state index in [0.717, 1.165) is 18.7 Å². The molecule has 9 heteroatoms. The molecule has 124 valence electrons. The number of aromatic nitrogens is 4. The van der Waals surface area contributed by atoms with Crippen molar-refractivity contribution in [3.05, 3.63) is 30.0 Å². The monoisotopic (exact) mass is 336 g/mol. The molecular formula is C14H20N6O2S. The van der Waals surface area contributed by atoms with Gasteiger partial charge in [0.1, 0.15) is 10.7 Å². The minimum Gasteiger partial charge on any atom is -0.366 e. The van der Waals surface area contributed by atoms with Gasteiger partial charge in [0, 0.05) is 31.5 Å². The van der Waals surface area contributed by atoms with Gasteiger partial charge in [0.25, 0.3) is 0 Å². The second kappa shape index (κ2) is 6.25. The molecule has 2 N–H and O–H groups in total. The third-order valence-electron chi connectivity index (χ3n) is 4.03. The highest BCUT2D eigenvalue weighted by atomic mass is 32.2. The van der Waals surface area contributed by atoms with E-state index in [1.807, 2.05) is 0 Å². The molecule has 0 aromatic carbocycles. The van der Waals surface area contributed by atoms with E-state index in [0.29, 0.717) is 29.4 Å². The Labute approximate surface area is 135 Å². The molecule has 0 saturated carbocycles. The van der Waals surface area contributed by atoms with Crippen LogP contribution in [0.5, 0.6) is 0 Å². The predicted molar refractivity (Wildman–Crippen MR) is 85.5 cm³/mol. The van der Waals surface area contributed by atoms with Crippen LogP contribution >= 0.6 is 0 Å². The maximum atomic E-state index is 12.8. The van der Waals surface area contributed by atoms with Crippen LogP contribution in [-0.2, 0) is 10.0 Å². The van der Waals surface area contributed by atoms with Gasteiger partial charge in [-0.2, -0.15) is 9.40 Å². The predicted octanol–water partition coefficient (Wildman–Crippen LogP) is 1.08. The van der Waals surface area contributed by atoms with Gasteiger partial charge in [-0.15, -0.1) is 0 Å². The molecule has 8 nitrogen and oxygen atoms in total. The first-order chi connectivity index (χ1) is 11.0. The van der Waals surface area contributed by atoms with Crippen molar-refractivity contribution in [2.45, 2.75) is 37.6 Å². The number of hydrogen-bond donors (Lipinski definition) is 2. The number of piperidine rings is 1. The van der Waals surface area contributed by atoms with Crippen LogP contribution < -0.4 is 5.32 Å². The Morgan fingerprint density at radius 2 is 2.00 bits per heavy atom. The standard InChI is InChI=1S/C14H20N6O2S/c1-10-14(11(2)19-18-10)23(21,22)20-7-3-12(4-8-20)17-13-9-15-5-6-16-13/h5-6,9,12H,3-4,7-8H2,1-2H3,(H,16,17)(H,18,19). The van der Waals surface area contributed by atoms with E-state index in [1.165, 1.54) is 4.31 Å². The smallest absolute Gasteiger partial charge is 0.246 e. The van der Waals surface area contributed by atoms with E-state index < -0.39 is 10.0 Å². The van der Waals surface area contributed by atoms with Crippen molar-refractivity contribution in [1.82, 2.24) is 24.5 Å². The topological polar surface area (TPSA) is 104 Å². The Hall–Kier alpha value is -2.00. The molecule has 2 aromatic heterocycles. The van der Waals surface area contributed by atoms with Gasteiger partial charge in [-0.3, -0.25) is 10.1 Å².